The highest BCUT2D eigenvalue weighted by molar-refractivity contribution is 6.39. The van der Waals surface area contributed by atoms with Gasteiger partial charge in [-0.1, -0.05) is 18.2 Å². The molecule has 166 valence electrons. The fourth-order valence-electron chi connectivity index (χ4n) is 3.53. The van der Waals surface area contributed by atoms with Crippen molar-refractivity contribution in [1.29, 1.82) is 0 Å². The van der Waals surface area contributed by atoms with Gasteiger partial charge in [0.2, 0.25) is 0 Å². The lowest BCUT2D eigenvalue weighted by Gasteiger charge is -2.36. The highest BCUT2D eigenvalue weighted by Crippen LogP contribution is 2.28. The van der Waals surface area contributed by atoms with Crippen LogP contribution in [0.15, 0.2) is 48.5 Å². The maximum absolute atomic E-state index is 12.2. The molecule has 1 aliphatic rings. The Labute approximate surface area is 183 Å². The number of piperazine rings is 1. The van der Waals surface area contributed by atoms with Gasteiger partial charge < -0.3 is 25.0 Å². The van der Waals surface area contributed by atoms with E-state index in [1.807, 2.05) is 6.07 Å². The summed E-state index contributed by atoms with van der Waals surface area (Å²) in [7, 11) is 3.04. The van der Waals surface area contributed by atoms with E-state index in [4.69, 9.17) is 9.47 Å². The lowest BCUT2D eigenvalue weighted by molar-refractivity contribution is -0.136. The first-order valence-corrected chi connectivity index (χ1v) is 10.4. The highest BCUT2D eigenvalue weighted by atomic mass is 16.5. The Balaban J connectivity index is 1.35. The minimum absolute atomic E-state index is 0.416. The molecule has 0 spiro atoms. The second kappa shape index (κ2) is 11.2. The second-order valence-electron chi connectivity index (χ2n) is 7.29. The first-order chi connectivity index (χ1) is 15.1. The van der Waals surface area contributed by atoms with Crippen LogP contribution < -0.4 is 25.0 Å². The third-order valence-electron chi connectivity index (χ3n) is 5.29. The zero-order valence-electron chi connectivity index (χ0n) is 18.1. The Kier molecular flexibility index (Phi) is 8.12. The predicted molar refractivity (Wildman–Crippen MR) is 121 cm³/mol. The zero-order valence-corrected chi connectivity index (χ0v) is 18.1. The van der Waals surface area contributed by atoms with Crippen LogP contribution in [0.25, 0.3) is 0 Å². The van der Waals surface area contributed by atoms with E-state index in [9.17, 15) is 9.59 Å². The highest BCUT2D eigenvalue weighted by Gasteiger charge is 2.18. The minimum Gasteiger partial charge on any atom is -0.497 e. The standard InChI is InChI=1S/C23H30N4O4/c1-30-19-9-10-20(21(17-19)31-2)25-23(29)22(28)24-11-6-12-26-13-15-27(16-14-26)18-7-4-3-5-8-18/h3-5,7-10,17H,6,11-16H2,1-2H3,(H,24,28)(H,25,29). The van der Waals surface area contributed by atoms with Crippen molar-refractivity contribution in [3.63, 3.8) is 0 Å². The largest absolute Gasteiger partial charge is 0.497 e. The van der Waals surface area contributed by atoms with Crippen LogP contribution in [0, 0.1) is 0 Å². The van der Waals surface area contributed by atoms with Gasteiger partial charge in [0, 0.05) is 44.5 Å². The Morgan fingerprint density at radius 1 is 0.935 bits per heavy atom. The number of nitrogens with zero attached hydrogens (tertiary/aromatic N) is 2. The molecule has 2 aromatic rings. The molecule has 0 atom stereocenters. The fraction of sp³-hybridized carbons (Fsp3) is 0.391. The minimum atomic E-state index is -0.722. The van der Waals surface area contributed by atoms with Crippen molar-refractivity contribution in [2.24, 2.45) is 0 Å². The van der Waals surface area contributed by atoms with Crippen molar-refractivity contribution in [3.05, 3.63) is 48.5 Å². The number of methoxy groups -OCH3 is 2. The summed E-state index contributed by atoms with van der Waals surface area (Å²) in [5, 5.41) is 5.26. The average Bonchev–Trinajstić information content (AvgIpc) is 2.82. The molecule has 2 amide bonds. The summed E-state index contributed by atoms with van der Waals surface area (Å²) < 4.78 is 10.4. The summed E-state index contributed by atoms with van der Waals surface area (Å²) >= 11 is 0. The van der Waals surface area contributed by atoms with Crippen LogP contribution in [0.3, 0.4) is 0 Å². The third-order valence-corrected chi connectivity index (χ3v) is 5.29. The van der Waals surface area contributed by atoms with Gasteiger partial charge in [0.25, 0.3) is 0 Å². The van der Waals surface area contributed by atoms with Crippen molar-refractivity contribution in [2.45, 2.75) is 6.42 Å². The second-order valence-corrected chi connectivity index (χ2v) is 7.29. The van der Waals surface area contributed by atoms with Gasteiger partial charge in [-0.05, 0) is 37.2 Å². The topological polar surface area (TPSA) is 83.1 Å². The molecular weight excluding hydrogens is 396 g/mol. The van der Waals surface area contributed by atoms with Gasteiger partial charge in [-0.3, -0.25) is 14.5 Å². The molecule has 3 rings (SSSR count). The molecule has 2 N–H and O–H groups in total. The van der Waals surface area contributed by atoms with E-state index in [1.165, 1.54) is 12.8 Å². The number of anilines is 2. The van der Waals surface area contributed by atoms with Crippen molar-refractivity contribution in [3.8, 4) is 11.5 Å². The predicted octanol–water partition coefficient (Wildman–Crippen LogP) is 1.97. The number of rotatable bonds is 8. The molecule has 0 radical (unpaired) electrons. The van der Waals surface area contributed by atoms with Gasteiger partial charge in [0.15, 0.2) is 0 Å². The van der Waals surface area contributed by atoms with Gasteiger partial charge in [-0.2, -0.15) is 0 Å². The van der Waals surface area contributed by atoms with Crippen molar-refractivity contribution in [2.75, 3.05) is 63.7 Å². The quantitative estimate of drug-likeness (QED) is 0.496. The summed E-state index contributed by atoms with van der Waals surface area (Å²) in [6, 6.07) is 15.4. The average molecular weight is 427 g/mol. The molecule has 0 unspecified atom stereocenters. The molecular formula is C23H30N4O4. The zero-order chi connectivity index (χ0) is 22.1. The van der Waals surface area contributed by atoms with Crippen LogP contribution >= 0.6 is 0 Å². The summed E-state index contributed by atoms with van der Waals surface area (Å²) in [6.45, 7) is 5.29. The summed E-state index contributed by atoms with van der Waals surface area (Å²) in [5.41, 5.74) is 1.67. The summed E-state index contributed by atoms with van der Waals surface area (Å²) in [5.74, 6) is -0.356. The molecule has 1 fully saturated rings. The summed E-state index contributed by atoms with van der Waals surface area (Å²) in [4.78, 5) is 29.1. The maximum Gasteiger partial charge on any atom is 0.313 e. The number of hydrogen-bond donors (Lipinski definition) is 2. The van der Waals surface area contributed by atoms with Crippen LogP contribution in [0.2, 0.25) is 0 Å². The van der Waals surface area contributed by atoms with Crippen molar-refractivity contribution in [1.82, 2.24) is 10.2 Å². The first-order valence-electron chi connectivity index (χ1n) is 10.4. The molecule has 1 heterocycles. The van der Waals surface area contributed by atoms with E-state index in [1.54, 1.807) is 25.3 Å². The summed E-state index contributed by atoms with van der Waals surface area (Å²) in [6.07, 6.45) is 0.788. The smallest absolute Gasteiger partial charge is 0.313 e. The molecule has 2 aromatic carbocycles. The van der Waals surface area contributed by atoms with Gasteiger partial charge in [-0.25, -0.2) is 0 Å². The SMILES string of the molecule is COc1ccc(NC(=O)C(=O)NCCCN2CCN(c3ccccc3)CC2)c(OC)c1. The Bertz CT molecular complexity index is 867. The Morgan fingerprint density at radius 3 is 2.35 bits per heavy atom. The normalized spacial score (nSPS) is 14.1. The van der Waals surface area contributed by atoms with Gasteiger partial charge in [0.1, 0.15) is 11.5 Å². The molecule has 0 aromatic heterocycles. The first kappa shape index (κ1) is 22.4. The Hall–Kier alpha value is -3.26. The fourth-order valence-corrected chi connectivity index (χ4v) is 3.53. The number of amides is 2. The molecule has 8 nitrogen and oxygen atoms in total. The number of hydrogen-bond acceptors (Lipinski definition) is 6. The van der Waals surface area contributed by atoms with E-state index in [2.05, 4.69) is 44.7 Å². The van der Waals surface area contributed by atoms with Crippen LogP contribution in [0.4, 0.5) is 11.4 Å². The number of ether oxygens (including phenoxy) is 2. The molecule has 1 saturated heterocycles. The maximum atomic E-state index is 12.2. The van der Waals surface area contributed by atoms with E-state index >= 15 is 0 Å². The van der Waals surface area contributed by atoms with Crippen molar-refractivity contribution < 1.29 is 19.1 Å². The number of nitrogens with one attached hydrogen (secondary N) is 2. The monoisotopic (exact) mass is 426 g/mol. The van der Waals surface area contributed by atoms with Crippen LogP contribution in [0.5, 0.6) is 11.5 Å². The number of para-hydroxylation sites is 1. The Morgan fingerprint density at radius 2 is 1.68 bits per heavy atom. The van der Waals surface area contributed by atoms with E-state index in [0.29, 0.717) is 23.7 Å². The molecule has 31 heavy (non-hydrogen) atoms. The van der Waals surface area contributed by atoms with Crippen LogP contribution in [0.1, 0.15) is 6.42 Å². The third kappa shape index (κ3) is 6.36. The molecule has 0 aliphatic carbocycles. The number of benzene rings is 2. The van der Waals surface area contributed by atoms with Gasteiger partial charge in [0.05, 0.1) is 19.9 Å². The molecule has 1 aliphatic heterocycles. The van der Waals surface area contributed by atoms with Crippen molar-refractivity contribution >= 4 is 23.2 Å². The van der Waals surface area contributed by atoms with Crippen LogP contribution in [-0.4, -0.2) is 70.2 Å². The molecule has 0 bridgehead atoms. The lowest BCUT2D eigenvalue weighted by Crippen LogP contribution is -2.47. The number of carbonyl (C=O) groups excluding carboxylic acids is 2. The molecule has 8 heteroatoms. The van der Waals surface area contributed by atoms with E-state index < -0.39 is 11.8 Å². The van der Waals surface area contributed by atoms with Gasteiger partial charge >= 0.3 is 11.8 Å². The van der Waals surface area contributed by atoms with Crippen LogP contribution in [-0.2, 0) is 9.59 Å². The van der Waals surface area contributed by atoms with E-state index in [-0.39, 0.29) is 0 Å². The molecule has 0 saturated carbocycles. The number of carbonyl (C=O) groups is 2. The lowest BCUT2D eigenvalue weighted by atomic mass is 10.2. The van der Waals surface area contributed by atoms with Gasteiger partial charge in [-0.15, -0.1) is 0 Å². The van der Waals surface area contributed by atoms with E-state index in [0.717, 1.165) is 39.1 Å².